The van der Waals surface area contributed by atoms with Gasteiger partial charge in [-0.25, -0.2) is 14.2 Å². The van der Waals surface area contributed by atoms with Crippen molar-refractivity contribution >= 4 is 18.0 Å². The Morgan fingerprint density at radius 2 is 1.94 bits per heavy atom. The van der Waals surface area contributed by atoms with E-state index in [0.717, 1.165) is 18.7 Å². The number of benzene rings is 2. The molecule has 2 aromatic rings. The van der Waals surface area contributed by atoms with Crippen LogP contribution in [0.15, 0.2) is 35.3 Å². The Morgan fingerprint density at radius 1 is 1.22 bits per heavy atom. The quantitative estimate of drug-likeness (QED) is 0.205. The molecule has 0 saturated heterocycles. The van der Waals surface area contributed by atoms with E-state index in [1.807, 2.05) is 25.8 Å². The molecule has 2 rings (SSSR count). The van der Waals surface area contributed by atoms with E-state index in [1.165, 1.54) is 6.07 Å². The molecular weight excluding hydrogens is 428 g/mol. The summed E-state index contributed by atoms with van der Waals surface area (Å²) in [6, 6.07) is 5.98. The highest BCUT2D eigenvalue weighted by atomic mass is 19.4. The number of hydrogen-bond donors (Lipinski definition) is 0. The van der Waals surface area contributed by atoms with E-state index < -0.39 is 30.1 Å². The van der Waals surface area contributed by atoms with Gasteiger partial charge in [0.25, 0.3) is 0 Å². The lowest BCUT2D eigenvalue weighted by Gasteiger charge is -2.15. The monoisotopic (exact) mass is 454 g/mol. The topological polar surface area (TPSA) is 51.1 Å². The summed E-state index contributed by atoms with van der Waals surface area (Å²) in [5.41, 5.74) is -0.423. The van der Waals surface area contributed by atoms with Crippen molar-refractivity contribution in [3.05, 3.63) is 58.4 Å². The zero-order chi connectivity index (χ0) is 23.9. The van der Waals surface area contributed by atoms with E-state index in [-0.39, 0.29) is 16.9 Å². The van der Waals surface area contributed by atoms with Crippen LogP contribution < -0.4 is 4.74 Å². The third-order valence-electron chi connectivity index (χ3n) is 4.62. The maximum atomic E-state index is 14.2. The first-order valence-electron chi connectivity index (χ1n) is 10.1. The molecule has 0 saturated carbocycles. The van der Waals surface area contributed by atoms with Gasteiger partial charge >= 0.3 is 12.1 Å². The van der Waals surface area contributed by atoms with Crippen molar-refractivity contribution < 1.29 is 31.8 Å². The van der Waals surface area contributed by atoms with Crippen molar-refractivity contribution in [3.8, 4) is 5.75 Å². The van der Waals surface area contributed by atoms with Gasteiger partial charge in [-0.2, -0.15) is 13.2 Å². The van der Waals surface area contributed by atoms with Crippen LogP contribution in [0, 0.1) is 12.7 Å². The number of esters is 1. The van der Waals surface area contributed by atoms with E-state index in [9.17, 15) is 22.4 Å². The van der Waals surface area contributed by atoms with Crippen LogP contribution in [0.4, 0.5) is 23.2 Å². The fourth-order valence-electron chi connectivity index (χ4n) is 2.68. The Balaban J connectivity index is 2.29. The molecule has 0 aliphatic rings. The SMILES string of the molecule is CCCOc1cc(N=CN(C)CC)c(C)cc1C(=O)OCc1cccc(C(F)(F)F)c1F. The van der Waals surface area contributed by atoms with Crippen molar-refractivity contribution in [3.63, 3.8) is 0 Å². The third kappa shape index (κ3) is 6.45. The van der Waals surface area contributed by atoms with Crippen LogP contribution in [0.3, 0.4) is 0 Å². The standard InChI is InChI=1S/C23H26F4N2O3/c1-5-10-31-20-12-19(28-14-29(4)6-2)15(3)11-17(20)22(30)32-13-16-8-7-9-18(21(16)24)23(25,26)27/h7-9,11-12,14H,5-6,10,13H2,1-4H3. The number of aryl methyl sites for hydroxylation is 1. The third-order valence-corrected chi connectivity index (χ3v) is 4.62. The molecule has 174 valence electrons. The molecule has 0 fully saturated rings. The molecule has 32 heavy (non-hydrogen) atoms. The van der Waals surface area contributed by atoms with Crippen molar-refractivity contribution in [2.75, 3.05) is 20.2 Å². The van der Waals surface area contributed by atoms with Crippen LogP contribution in [-0.2, 0) is 17.5 Å². The first kappa shape index (κ1) is 25.2. The summed E-state index contributed by atoms with van der Waals surface area (Å²) in [6.07, 6.45) is -2.50. The smallest absolute Gasteiger partial charge is 0.419 e. The van der Waals surface area contributed by atoms with Gasteiger partial charge in [-0.3, -0.25) is 0 Å². The molecule has 0 spiro atoms. The Kier molecular flexibility index (Phi) is 8.63. The van der Waals surface area contributed by atoms with Gasteiger partial charge < -0.3 is 14.4 Å². The number of ether oxygens (including phenoxy) is 2. The molecule has 2 aromatic carbocycles. The van der Waals surface area contributed by atoms with Crippen LogP contribution in [0.5, 0.6) is 5.75 Å². The lowest BCUT2D eigenvalue weighted by Crippen LogP contribution is -2.14. The lowest BCUT2D eigenvalue weighted by molar-refractivity contribution is -0.140. The number of alkyl halides is 3. The van der Waals surface area contributed by atoms with Crippen LogP contribution in [0.2, 0.25) is 0 Å². The molecule has 0 heterocycles. The zero-order valence-corrected chi connectivity index (χ0v) is 18.4. The number of aliphatic imine (C=N–C) groups is 1. The van der Waals surface area contributed by atoms with Crippen molar-refractivity contribution in [1.82, 2.24) is 4.90 Å². The number of hydrogen-bond acceptors (Lipinski definition) is 4. The molecule has 0 unspecified atom stereocenters. The number of halogens is 4. The maximum Gasteiger partial charge on any atom is 0.419 e. The van der Waals surface area contributed by atoms with Crippen molar-refractivity contribution in [2.45, 2.75) is 40.0 Å². The predicted molar refractivity (Wildman–Crippen MR) is 114 cm³/mol. The number of rotatable bonds is 9. The van der Waals surface area contributed by atoms with Gasteiger partial charge in [0.05, 0.1) is 24.2 Å². The second-order valence-corrected chi connectivity index (χ2v) is 7.15. The number of carbonyl (C=O) groups excluding carboxylic acids is 1. The molecule has 0 aliphatic heterocycles. The van der Waals surface area contributed by atoms with E-state index in [1.54, 1.807) is 19.3 Å². The molecule has 0 atom stereocenters. The van der Waals surface area contributed by atoms with E-state index >= 15 is 0 Å². The van der Waals surface area contributed by atoms with Gasteiger partial charge in [0.1, 0.15) is 23.7 Å². The summed E-state index contributed by atoms with van der Waals surface area (Å²) < 4.78 is 63.7. The minimum Gasteiger partial charge on any atom is -0.493 e. The highest BCUT2D eigenvalue weighted by Gasteiger charge is 2.35. The fraction of sp³-hybridized carbons (Fsp3) is 0.391. The van der Waals surface area contributed by atoms with E-state index in [0.29, 0.717) is 30.3 Å². The molecule has 0 radical (unpaired) electrons. The summed E-state index contributed by atoms with van der Waals surface area (Å²) in [4.78, 5) is 18.9. The van der Waals surface area contributed by atoms with Gasteiger partial charge in [0.2, 0.25) is 0 Å². The van der Waals surface area contributed by atoms with Gasteiger partial charge in [0, 0.05) is 25.2 Å². The molecular formula is C23H26F4N2O3. The fourth-order valence-corrected chi connectivity index (χ4v) is 2.68. The normalized spacial score (nSPS) is 11.6. The second kappa shape index (κ2) is 11.0. The molecule has 0 aromatic heterocycles. The summed E-state index contributed by atoms with van der Waals surface area (Å²) in [5.74, 6) is -2.06. The van der Waals surface area contributed by atoms with E-state index in [4.69, 9.17) is 9.47 Å². The van der Waals surface area contributed by atoms with Crippen LogP contribution in [0.1, 0.15) is 47.3 Å². The van der Waals surface area contributed by atoms with Crippen molar-refractivity contribution in [1.29, 1.82) is 0 Å². The number of nitrogens with zero attached hydrogens (tertiary/aromatic N) is 2. The molecule has 0 bridgehead atoms. The minimum absolute atomic E-state index is 0.0890. The Morgan fingerprint density at radius 3 is 2.56 bits per heavy atom. The average molecular weight is 454 g/mol. The van der Waals surface area contributed by atoms with Gasteiger partial charge in [-0.15, -0.1) is 0 Å². The zero-order valence-electron chi connectivity index (χ0n) is 18.4. The van der Waals surface area contributed by atoms with Crippen LogP contribution in [0.25, 0.3) is 0 Å². The Labute approximate surface area is 184 Å². The van der Waals surface area contributed by atoms with Gasteiger partial charge in [-0.1, -0.05) is 19.1 Å². The van der Waals surface area contributed by atoms with Crippen molar-refractivity contribution in [2.24, 2.45) is 4.99 Å². The highest BCUT2D eigenvalue weighted by molar-refractivity contribution is 5.93. The second-order valence-electron chi connectivity index (χ2n) is 7.15. The summed E-state index contributed by atoms with van der Waals surface area (Å²) in [5, 5.41) is 0. The highest BCUT2D eigenvalue weighted by Crippen LogP contribution is 2.33. The molecule has 0 aliphatic carbocycles. The largest absolute Gasteiger partial charge is 0.493 e. The summed E-state index contributed by atoms with van der Waals surface area (Å²) >= 11 is 0. The maximum absolute atomic E-state index is 14.2. The van der Waals surface area contributed by atoms with Gasteiger partial charge in [0.15, 0.2) is 0 Å². The Hall–Kier alpha value is -3.10. The first-order chi connectivity index (χ1) is 15.1. The molecule has 0 amide bonds. The van der Waals surface area contributed by atoms with Crippen LogP contribution >= 0.6 is 0 Å². The first-order valence-corrected chi connectivity index (χ1v) is 10.1. The average Bonchev–Trinajstić information content (AvgIpc) is 2.75. The Bertz CT molecular complexity index is 974. The van der Waals surface area contributed by atoms with Crippen LogP contribution in [-0.4, -0.2) is 37.4 Å². The molecule has 5 nitrogen and oxygen atoms in total. The predicted octanol–water partition coefficient (Wildman–Crippen LogP) is 5.91. The summed E-state index contributed by atoms with van der Waals surface area (Å²) in [7, 11) is 1.87. The summed E-state index contributed by atoms with van der Waals surface area (Å²) in [6.45, 7) is 6.08. The van der Waals surface area contributed by atoms with Gasteiger partial charge in [-0.05, 0) is 38.0 Å². The lowest BCUT2D eigenvalue weighted by atomic mass is 10.1. The minimum atomic E-state index is -4.84. The van der Waals surface area contributed by atoms with E-state index in [2.05, 4.69) is 4.99 Å². The number of carbonyl (C=O) groups is 1. The molecule has 9 heteroatoms. The molecule has 0 N–H and O–H groups in total.